The van der Waals surface area contributed by atoms with Crippen LogP contribution in [0.4, 0.5) is 5.69 Å². The summed E-state index contributed by atoms with van der Waals surface area (Å²) in [6, 6.07) is 13.6. The summed E-state index contributed by atoms with van der Waals surface area (Å²) in [4.78, 5) is 35.9. The molecule has 2 rings (SSSR count). The number of nitrogens with one attached hydrogen (secondary N) is 3. The van der Waals surface area contributed by atoms with Crippen molar-refractivity contribution in [3.05, 3.63) is 59.7 Å². The van der Waals surface area contributed by atoms with E-state index in [1.807, 2.05) is 6.92 Å². The van der Waals surface area contributed by atoms with Gasteiger partial charge in [0.15, 0.2) is 0 Å². The van der Waals surface area contributed by atoms with Crippen LogP contribution in [0.2, 0.25) is 0 Å². The average molecular weight is 383 g/mol. The molecule has 7 heteroatoms. The predicted octanol–water partition coefficient (Wildman–Crippen LogP) is 2.59. The van der Waals surface area contributed by atoms with Gasteiger partial charge >= 0.3 is 0 Å². The van der Waals surface area contributed by atoms with Crippen molar-refractivity contribution in [2.24, 2.45) is 0 Å². The highest BCUT2D eigenvalue weighted by molar-refractivity contribution is 5.97. The predicted molar refractivity (Wildman–Crippen MR) is 108 cm³/mol. The molecule has 28 heavy (non-hydrogen) atoms. The highest BCUT2D eigenvalue weighted by atomic mass is 16.5. The lowest BCUT2D eigenvalue weighted by Crippen LogP contribution is -2.34. The third-order valence-corrected chi connectivity index (χ3v) is 3.96. The molecular weight excluding hydrogens is 358 g/mol. The van der Waals surface area contributed by atoms with E-state index >= 15 is 0 Å². The number of amides is 3. The van der Waals surface area contributed by atoms with Gasteiger partial charge in [-0.05, 0) is 42.8 Å². The number of anilines is 1. The molecule has 0 radical (unpaired) electrons. The van der Waals surface area contributed by atoms with Crippen molar-refractivity contribution in [3.8, 4) is 5.75 Å². The number of ether oxygens (including phenoxy) is 1. The van der Waals surface area contributed by atoms with Crippen molar-refractivity contribution >= 4 is 23.4 Å². The number of carbonyl (C=O) groups is 3. The van der Waals surface area contributed by atoms with Gasteiger partial charge in [-0.15, -0.1) is 0 Å². The second kappa shape index (κ2) is 10.7. The Morgan fingerprint density at radius 2 is 1.54 bits per heavy atom. The monoisotopic (exact) mass is 383 g/mol. The van der Waals surface area contributed by atoms with Gasteiger partial charge in [-0.25, -0.2) is 0 Å². The third-order valence-electron chi connectivity index (χ3n) is 3.96. The molecule has 0 heterocycles. The largest absolute Gasteiger partial charge is 0.496 e. The normalized spacial score (nSPS) is 10.1. The SMILES string of the molecule is CCCC(=O)Nc1ccc(C(=O)NCCNC(=O)c2ccccc2OC)cc1. The van der Waals surface area contributed by atoms with Gasteiger partial charge in [-0.2, -0.15) is 0 Å². The summed E-state index contributed by atoms with van der Waals surface area (Å²) in [7, 11) is 1.51. The number of para-hydroxylation sites is 1. The number of benzene rings is 2. The molecule has 7 nitrogen and oxygen atoms in total. The first-order valence-electron chi connectivity index (χ1n) is 9.14. The molecule has 0 bridgehead atoms. The number of carbonyl (C=O) groups excluding carboxylic acids is 3. The standard InChI is InChI=1S/C21H25N3O4/c1-3-6-19(25)24-16-11-9-15(10-12-16)20(26)22-13-14-23-21(27)17-7-4-5-8-18(17)28-2/h4-5,7-12H,3,6,13-14H2,1-2H3,(H,22,26)(H,23,27)(H,24,25). The van der Waals surface area contributed by atoms with E-state index in [0.29, 0.717) is 29.0 Å². The summed E-state index contributed by atoms with van der Waals surface area (Å²) in [6.45, 7) is 2.51. The maximum atomic E-state index is 12.2. The Morgan fingerprint density at radius 1 is 0.893 bits per heavy atom. The van der Waals surface area contributed by atoms with Crippen LogP contribution in [0.5, 0.6) is 5.75 Å². The van der Waals surface area contributed by atoms with Gasteiger partial charge in [0.2, 0.25) is 5.91 Å². The van der Waals surface area contributed by atoms with Crippen LogP contribution in [0.3, 0.4) is 0 Å². The van der Waals surface area contributed by atoms with Crippen LogP contribution in [-0.2, 0) is 4.79 Å². The minimum Gasteiger partial charge on any atom is -0.496 e. The van der Waals surface area contributed by atoms with E-state index in [1.54, 1.807) is 48.5 Å². The first-order valence-corrected chi connectivity index (χ1v) is 9.14. The van der Waals surface area contributed by atoms with E-state index in [1.165, 1.54) is 7.11 Å². The van der Waals surface area contributed by atoms with Crippen LogP contribution in [0.15, 0.2) is 48.5 Å². The Kier molecular flexibility index (Phi) is 8.02. The second-order valence-electron chi connectivity index (χ2n) is 6.09. The summed E-state index contributed by atoms with van der Waals surface area (Å²) in [5.74, 6) is -0.0718. The van der Waals surface area contributed by atoms with Gasteiger partial charge in [-0.3, -0.25) is 14.4 Å². The van der Waals surface area contributed by atoms with Crippen molar-refractivity contribution in [3.63, 3.8) is 0 Å². The molecule has 2 aromatic rings. The molecule has 0 atom stereocenters. The van der Waals surface area contributed by atoms with Crippen LogP contribution in [0, 0.1) is 0 Å². The molecule has 148 valence electrons. The lowest BCUT2D eigenvalue weighted by Gasteiger charge is -2.10. The fourth-order valence-corrected chi connectivity index (χ4v) is 2.54. The van der Waals surface area contributed by atoms with Crippen molar-refractivity contribution in [2.75, 3.05) is 25.5 Å². The third kappa shape index (κ3) is 6.12. The van der Waals surface area contributed by atoms with Gasteiger partial charge in [0.1, 0.15) is 5.75 Å². The quantitative estimate of drug-likeness (QED) is 0.580. The Morgan fingerprint density at radius 3 is 2.18 bits per heavy atom. The minimum absolute atomic E-state index is 0.0505. The molecule has 0 saturated heterocycles. The van der Waals surface area contributed by atoms with E-state index in [4.69, 9.17) is 4.74 Å². The molecule has 0 saturated carbocycles. The van der Waals surface area contributed by atoms with E-state index in [2.05, 4.69) is 16.0 Å². The Hall–Kier alpha value is -3.35. The van der Waals surface area contributed by atoms with Gasteiger partial charge in [0.05, 0.1) is 12.7 Å². The Balaban J connectivity index is 1.78. The number of hydrogen-bond donors (Lipinski definition) is 3. The van der Waals surface area contributed by atoms with Crippen molar-refractivity contribution in [1.29, 1.82) is 0 Å². The first-order chi connectivity index (χ1) is 13.5. The summed E-state index contributed by atoms with van der Waals surface area (Å²) in [5, 5.41) is 8.25. The number of rotatable bonds is 9. The van der Waals surface area contributed by atoms with Gasteiger partial charge in [0, 0.05) is 30.8 Å². The molecule has 0 unspecified atom stereocenters. The summed E-state index contributed by atoms with van der Waals surface area (Å²) in [5.41, 5.74) is 1.57. The summed E-state index contributed by atoms with van der Waals surface area (Å²) >= 11 is 0. The average Bonchev–Trinajstić information content (AvgIpc) is 2.71. The summed E-state index contributed by atoms with van der Waals surface area (Å²) in [6.07, 6.45) is 1.24. The highest BCUT2D eigenvalue weighted by Gasteiger charge is 2.11. The maximum absolute atomic E-state index is 12.2. The Bertz CT molecular complexity index is 819. The molecule has 3 N–H and O–H groups in total. The fourth-order valence-electron chi connectivity index (χ4n) is 2.54. The molecule has 0 aromatic heterocycles. The van der Waals surface area contributed by atoms with E-state index < -0.39 is 0 Å². The van der Waals surface area contributed by atoms with Crippen molar-refractivity contribution < 1.29 is 19.1 Å². The molecule has 3 amide bonds. The minimum atomic E-state index is -0.265. The Labute approximate surface area is 164 Å². The number of hydrogen-bond acceptors (Lipinski definition) is 4. The van der Waals surface area contributed by atoms with Crippen LogP contribution in [-0.4, -0.2) is 37.9 Å². The van der Waals surface area contributed by atoms with E-state index in [9.17, 15) is 14.4 Å². The zero-order chi connectivity index (χ0) is 20.4. The zero-order valence-electron chi connectivity index (χ0n) is 16.1. The van der Waals surface area contributed by atoms with Crippen LogP contribution in [0.1, 0.15) is 40.5 Å². The molecule has 0 aliphatic heterocycles. The van der Waals surface area contributed by atoms with Crippen molar-refractivity contribution in [1.82, 2.24) is 10.6 Å². The topological polar surface area (TPSA) is 96.5 Å². The van der Waals surface area contributed by atoms with E-state index in [-0.39, 0.29) is 30.8 Å². The molecule has 0 aliphatic rings. The van der Waals surface area contributed by atoms with Crippen LogP contribution >= 0.6 is 0 Å². The molecule has 0 fully saturated rings. The van der Waals surface area contributed by atoms with Gasteiger partial charge in [-0.1, -0.05) is 19.1 Å². The first kappa shape index (κ1) is 21.0. The second-order valence-corrected chi connectivity index (χ2v) is 6.09. The van der Waals surface area contributed by atoms with Gasteiger partial charge < -0.3 is 20.7 Å². The molecule has 2 aromatic carbocycles. The van der Waals surface area contributed by atoms with Crippen LogP contribution in [0.25, 0.3) is 0 Å². The van der Waals surface area contributed by atoms with Crippen molar-refractivity contribution in [2.45, 2.75) is 19.8 Å². The molecular formula is C21H25N3O4. The fraction of sp³-hybridized carbons (Fsp3) is 0.286. The highest BCUT2D eigenvalue weighted by Crippen LogP contribution is 2.16. The lowest BCUT2D eigenvalue weighted by molar-refractivity contribution is -0.116. The molecule has 0 aliphatic carbocycles. The summed E-state index contributed by atoms with van der Waals surface area (Å²) < 4.78 is 5.16. The number of methoxy groups -OCH3 is 1. The van der Waals surface area contributed by atoms with E-state index in [0.717, 1.165) is 6.42 Å². The van der Waals surface area contributed by atoms with Crippen LogP contribution < -0.4 is 20.7 Å². The molecule has 0 spiro atoms. The maximum Gasteiger partial charge on any atom is 0.255 e. The zero-order valence-corrected chi connectivity index (χ0v) is 16.1. The lowest BCUT2D eigenvalue weighted by atomic mass is 10.2. The van der Waals surface area contributed by atoms with Gasteiger partial charge in [0.25, 0.3) is 11.8 Å². The smallest absolute Gasteiger partial charge is 0.255 e.